The number of benzene rings is 3. The second-order valence-electron chi connectivity index (χ2n) is 5.55. The zero-order chi connectivity index (χ0) is 16.9. The number of rotatable bonds is 3. The lowest BCUT2D eigenvalue weighted by molar-refractivity contribution is 1.26. The highest BCUT2D eigenvalue weighted by Gasteiger charge is 2.21. The van der Waals surface area contributed by atoms with Gasteiger partial charge in [0.2, 0.25) is 0 Å². The minimum atomic E-state index is 0.291. The predicted molar refractivity (Wildman–Crippen MR) is 100 cm³/mol. The first-order valence-corrected chi connectivity index (χ1v) is 7.82. The topological polar surface area (TPSA) is 50.9 Å². The number of aryl methyl sites for hydroxylation is 1. The van der Waals surface area contributed by atoms with Crippen molar-refractivity contribution in [1.82, 2.24) is 0 Å². The van der Waals surface area contributed by atoms with E-state index in [-0.39, 0.29) is 0 Å². The number of anilines is 1. The van der Waals surface area contributed by atoms with Crippen molar-refractivity contribution in [1.29, 1.82) is 10.8 Å². The summed E-state index contributed by atoms with van der Waals surface area (Å²) in [6.07, 6.45) is 0. The minimum Gasteiger partial charge on any atom is -0.284 e. The van der Waals surface area contributed by atoms with Gasteiger partial charge in [-0.15, -0.1) is 0 Å². The minimum absolute atomic E-state index is 0.291. The van der Waals surface area contributed by atoms with Crippen molar-refractivity contribution in [3.05, 3.63) is 102 Å². The monoisotopic (exact) mass is 313 g/mol. The van der Waals surface area contributed by atoms with Crippen LogP contribution in [0.2, 0.25) is 0 Å². The van der Waals surface area contributed by atoms with E-state index in [1.54, 1.807) is 4.90 Å². The fourth-order valence-electron chi connectivity index (χ4n) is 2.62. The number of hydrogen-bond donors (Lipinski definition) is 2. The van der Waals surface area contributed by atoms with E-state index in [1.807, 2.05) is 91.9 Å². The molecule has 0 bridgehead atoms. The molecule has 0 radical (unpaired) electrons. The standard InChI is InChI=1S/C21H19N3/c1-16-10-8-9-15-19(16)24(20(22)17-11-4-2-5-12-17)21(23)18-13-6-3-7-14-18/h2-15,22-23H,1H3. The van der Waals surface area contributed by atoms with Gasteiger partial charge < -0.3 is 0 Å². The average molecular weight is 313 g/mol. The van der Waals surface area contributed by atoms with Crippen molar-refractivity contribution in [2.75, 3.05) is 4.90 Å². The van der Waals surface area contributed by atoms with Gasteiger partial charge in [0.15, 0.2) is 0 Å². The predicted octanol–water partition coefficient (Wildman–Crippen LogP) is 4.85. The van der Waals surface area contributed by atoms with Crippen LogP contribution in [0.5, 0.6) is 0 Å². The van der Waals surface area contributed by atoms with Gasteiger partial charge in [-0.1, -0.05) is 78.9 Å². The molecule has 0 aliphatic rings. The largest absolute Gasteiger partial charge is 0.284 e. The van der Waals surface area contributed by atoms with E-state index >= 15 is 0 Å². The second-order valence-corrected chi connectivity index (χ2v) is 5.55. The Morgan fingerprint density at radius 2 is 1.04 bits per heavy atom. The van der Waals surface area contributed by atoms with Crippen LogP contribution >= 0.6 is 0 Å². The highest BCUT2D eigenvalue weighted by atomic mass is 15.2. The van der Waals surface area contributed by atoms with Crippen LogP contribution in [-0.4, -0.2) is 11.7 Å². The number of amidine groups is 2. The molecule has 2 N–H and O–H groups in total. The molecule has 0 spiro atoms. The highest BCUT2D eigenvalue weighted by Crippen LogP contribution is 2.24. The van der Waals surface area contributed by atoms with Crippen LogP contribution in [0.3, 0.4) is 0 Å². The summed E-state index contributed by atoms with van der Waals surface area (Å²) in [5.41, 5.74) is 3.43. The van der Waals surface area contributed by atoms with E-state index in [1.165, 1.54) is 0 Å². The van der Waals surface area contributed by atoms with Crippen molar-refractivity contribution in [2.45, 2.75) is 6.92 Å². The quantitative estimate of drug-likeness (QED) is 0.527. The molecule has 24 heavy (non-hydrogen) atoms. The maximum absolute atomic E-state index is 8.69. The van der Waals surface area contributed by atoms with Gasteiger partial charge in [-0.25, -0.2) is 0 Å². The fourth-order valence-corrected chi connectivity index (χ4v) is 2.62. The van der Waals surface area contributed by atoms with Crippen LogP contribution in [0.25, 0.3) is 0 Å². The molecule has 0 saturated heterocycles. The molecule has 3 aromatic rings. The summed E-state index contributed by atoms with van der Waals surface area (Å²) >= 11 is 0. The first kappa shape index (κ1) is 15.7. The van der Waals surface area contributed by atoms with Gasteiger partial charge in [0.25, 0.3) is 0 Å². The van der Waals surface area contributed by atoms with Gasteiger partial charge in [-0.05, 0) is 18.6 Å². The van der Waals surface area contributed by atoms with Crippen LogP contribution < -0.4 is 4.90 Å². The summed E-state index contributed by atoms with van der Waals surface area (Å²) in [5, 5.41) is 17.4. The van der Waals surface area contributed by atoms with Crippen LogP contribution in [0.4, 0.5) is 5.69 Å². The summed E-state index contributed by atoms with van der Waals surface area (Å²) in [4.78, 5) is 1.69. The van der Waals surface area contributed by atoms with E-state index < -0.39 is 0 Å². The van der Waals surface area contributed by atoms with Crippen LogP contribution in [0, 0.1) is 17.7 Å². The molecular formula is C21H19N3. The molecule has 0 aliphatic carbocycles. The lowest BCUT2D eigenvalue weighted by Gasteiger charge is -2.27. The van der Waals surface area contributed by atoms with Crippen LogP contribution in [0.15, 0.2) is 84.9 Å². The summed E-state index contributed by atoms with van der Waals surface area (Å²) < 4.78 is 0. The van der Waals surface area contributed by atoms with E-state index in [0.29, 0.717) is 11.7 Å². The Kier molecular flexibility index (Phi) is 4.52. The molecular weight excluding hydrogens is 294 g/mol. The molecule has 0 fully saturated rings. The van der Waals surface area contributed by atoms with Crippen molar-refractivity contribution < 1.29 is 0 Å². The molecule has 118 valence electrons. The third-order valence-electron chi connectivity index (χ3n) is 3.90. The van der Waals surface area contributed by atoms with Gasteiger partial charge in [-0.3, -0.25) is 15.7 Å². The van der Waals surface area contributed by atoms with Gasteiger partial charge in [-0.2, -0.15) is 0 Å². The van der Waals surface area contributed by atoms with E-state index in [4.69, 9.17) is 10.8 Å². The Labute approximate surface area is 142 Å². The molecule has 0 unspecified atom stereocenters. The third kappa shape index (κ3) is 3.10. The molecule has 0 saturated carbocycles. The van der Waals surface area contributed by atoms with E-state index in [2.05, 4.69) is 0 Å². The normalized spacial score (nSPS) is 10.2. The molecule has 0 heterocycles. The lowest BCUT2D eigenvalue weighted by Crippen LogP contribution is -2.37. The average Bonchev–Trinajstić information content (AvgIpc) is 2.64. The van der Waals surface area contributed by atoms with Crippen molar-refractivity contribution in [2.24, 2.45) is 0 Å². The van der Waals surface area contributed by atoms with E-state index in [0.717, 1.165) is 22.4 Å². The van der Waals surface area contributed by atoms with Crippen molar-refractivity contribution >= 4 is 17.4 Å². The Balaban J connectivity index is 2.10. The van der Waals surface area contributed by atoms with Crippen LogP contribution in [0.1, 0.15) is 16.7 Å². The summed E-state index contributed by atoms with van der Waals surface area (Å²) in [6.45, 7) is 2.00. The first-order chi connectivity index (χ1) is 11.7. The summed E-state index contributed by atoms with van der Waals surface area (Å²) in [6, 6.07) is 26.9. The van der Waals surface area contributed by atoms with Gasteiger partial charge in [0, 0.05) is 11.1 Å². The third-order valence-corrected chi connectivity index (χ3v) is 3.90. The molecule has 3 heteroatoms. The number of para-hydroxylation sites is 1. The maximum atomic E-state index is 8.69. The number of nitrogens with zero attached hydrogens (tertiary/aromatic N) is 1. The van der Waals surface area contributed by atoms with Gasteiger partial charge in [0.05, 0.1) is 5.69 Å². The molecule has 0 amide bonds. The zero-order valence-electron chi connectivity index (χ0n) is 13.5. The maximum Gasteiger partial charge on any atom is 0.138 e. The fraction of sp³-hybridized carbons (Fsp3) is 0.0476. The molecule has 0 aliphatic heterocycles. The Hall–Kier alpha value is -3.20. The second kappa shape index (κ2) is 6.92. The molecule has 3 aromatic carbocycles. The first-order valence-electron chi connectivity index (χ1n) is 7.82. The highest BCUT2D eigenvalue weighted by molar-refractivity contribution is 6.27. The van der Waals surface area contributed by atoms with Gasteiger partial charge >= 0.3 is 0 Å². The Bertz CT molecular complexity index is 803. The van der Waals surface area contributed by atoms with Crippen molar-refractivity contribution in [3.8, 4) is 0 Å². The molecule has 0 aromatic heterocycles. The smallest absolute Gasteiger partial charge is 0.138 e. The van der Waals surface area contributed by atoms with Crippen LogP contribution in [-0.2, 0) is 0 Å². The zero-order valence-corrected chi connectivity index (χ0v) is 13.5. The Morgan fingerprint density at radius 1 is 0.625 bits per heavy atom. The summed E-state index contributed by atoms with van der Waals surface area (Å²) in [5.74, 6) is 0.581. The SMILES string of the molecule is Cc1ccccc1N(C(=N)c1ccccc1)C(=N)c1ccccc1. The number of hydrogen-bond acceptors (Lipinski definition) is 2. The lowest BCUT2D eigenvalue weighted by atomic mass is 10.1. The Morgan fingerprint density at radius 3 is 1.50 bits per heavy atom. The number of nitrogens with one attached hydrogen (secondary N) is 2. The molecule has 0 atom stereocenters. The van der Waals surface area contributed by atoms with Gasteiger partial charge in [0.1, 0.15) is 11.7 Å². The van der Waals surface area contributed by atoms with E-state index in [9.17, 15) is 0 Å². The molecule has 3 rings (SSSR count). The summed E-state index contributed by atoms with van der Waals surface area (Å²) in [7, 11) is 0. The molecule has 3 nitrogen and oxygen atoms in total. The van der Waals surface area contributed by atoms with Crippen molar-refractivity contribution in [3.63, 3.8) is 0 Å².